The molecular formula is C13H17FN2O3S. The maximum atomic E-state index is 12.7. The van der Waals surface area contributed by atoms with E-state index in [9.17, 15) is 17.6 Å². The predicted octanol–water partition coefficient (Wildman–Crippen LogP) is 0.883. The molecule has 0 radical (unpaired) electrons. The van der Waals surface area contributed by atoms with Gasteiger partial charge in [-0.15, -0.1) is 0 Å². The van der Waals surface area contributed by atoms with Crippen molar-refractivity contribution in [3.63, 3.8) is 0 Å². The molecule has 1 unspecified atom stereocenters. The Hall–Kier alpha value is -1.47. The summed E-state index contributed by atoms with van der Waals surface area (Å²) in [6.07, 6.45) is 0.558. The van der Waals surface area contributed by atoms with Gasteiger partial charge in [-0.3, -0.25) is 9.69 Å². The highest BCUT2D eigenvalue weighted by Gasteiger charge is 2.31. The molecule has 1 aromatic rings. The molecule has 5 nitrogen and oxygen atoms in total. The average molecular weight is 300 g/mol. The van der Waals surface area contributed by atoms with Crippen LogP contribution in [0, 0.1) is 5.82 Å². The number of anilines is 1. The normalized spacial score (nSPS) is 21.1. The largest absolute Gasteiger partial charge is 0.325 e. The molecule has 1 atom stereocenters. The molecular weight excluding hydrogens is 283 g/mol. The number of rotatable bonds is 4. The van der Waals surface area contributed by atoms with Gasteiger partial charge in [-0.05, 0) is 37.7 Å². The van der Waals surface area contributed by atoms with Crippen LogP contribution in [0.1, 0.15) is 6.42 Å². The van der Waals surface area contributed by atoms with E-state index in [0.717, 1.165) is 0 Å². The van der Waals surface area contributed by atoms with Crippen LogP contribution in [0.15, 0.2) is 24.3 Å². The van der Waals surface area contributed by atoms with Crippen LogP contribution >= 0.6 is 0 Å². The van der Waals surface area contributed by atoms with Crippen molar-refractivity contribution in [2.45, 2.75) is 12.5 Å². The lowest BCUT2D eigenvalue weighted by Crippen LogP contribution is -2.38. The van der Waals surface area contributed by atoms with E-state index in [1.807, 2.05) is 0 Å². The van der Waals surface area contributed by atoms with Crippen molar-refractivity contribution in [1.82, 2.24) is 4.90 Å². The minimum atomic E-state index is -2.95. The third-order valence-corrected chi connectivity index (χ3v) is 5.10. The number of halogens is 1. The van der Waals surface area contributed by atoms with E-state index in [1.165, 1.54) is 24.3 Å². The summed E-state index contributed by atoms with van der Waals surface area (Å²) in [6.45, 7) is 0.109. The van der Waals surface area contributed by atoms with Crippen LogP contribution in [-0.4, -0.2) is 50.4 Å². The smallest absolute Gasteiger partial charge is 0.238 e. The molecule has 1 aromatic carbocycles. The van der Waals surface area contributed by atoms with Crippen molar-refractivity contribution >= 4 is 21.4 Å². The number of nitrogens with one attached hydrogen (secondary N) is 1. The molecule has 0 spiro atoms. The standard InChI is InChI=1S/C13H17FN2O3S/c1-16(12-6-7-20(18,19)9-12)8-13(17)15-11-4-2-10(14)3-5-11/h2-5,12H,6-9H2,1H3,(H,15,17). The predicted molar refractivity (Wildman–Crippen MR) is 74.7 cm³/mol. The third kappa shape index (κ3) is 4.01. The van der Waals surface area contributed by atoms with E-state index in [0.29, 0.717) is 12.1 Å². The van der Waals surface area contributed by atoms with Crippen molar-refractivity contribution < 1.29 is 17.6 Å². The highest BCUT2D eigenvalue weighted by atomic mass is 32.2. The van der Waals surface area contributed by atoms with Gasteiger partial charge in [-0.2, -0.15) is 0 Å². The fourth-order valence-electron chi connectivity index (χ4n) is 2.21. The Morgan fingerprint density at radius 3 is 2.60 bits per heavy atom. The number of carbonyl (C=O) groups is 1. The van der Waals surface area contributed by atoms with Gasteiger partial charge in [0.05, 0.1) is 18.1 Å². The molecule has 2 rings (SSSR count). The minimum Gasteiger partial charge on any atom is -0.325 e. The Morgan fingerprint density at radius 2 is 2.05 bits per heavy atom. The molecule has 20 heavy (non-hydrogen) atoms. The molecule has 0 aromatic heterocycles. The third-order valence-electron chi connectivity index (χ3n) is 3.35. The topological polar surface area (TPSA) is 66.5 Å². The molecule has 0 aliphatic carbocycles. The highest BCUT2D eigenvalue weighted by molar-refractivity contribution is 7.91. The quantitative estimate of drug-likeness (QED) is 0.896. The Morgan fingerprint density at radius 1 is 1.40 bits per heavy atom. The molecule has 1 amide bonds. The summed E-state index contributed by atoms with van der Waals surface area (Å²) in [5, 5.41) is 2.65. The number of sulfone groups is 1. The molecule has 7 heteroatoms. The van der Waals surface area contributed by atoms with Gasteiger partial charge < -0.3 is 5.32 Å². The Balaban J connectivity index is 1.87. The maximum absolute atomic E-state index is 12.7. The summed E-state index contributed by atoms with van der Waals surface area (Å²) in [5.41, 5.74) is 0.517. The number of hydrogen-bond donors (Lipinski definition) is 1. The molecule has 0 bridgehead atoms. The number of benzene rings is 1. The lowest BCUT2D eigenvalue weighted by molar-refractivity contribution is -0.117. The van der Waals surface area contributed by atoms with Gasteiger partial charge in [0.1, 0.15) is 5.82 Å². The van der Waals surface area contributed by atoms with Crippen molar-refractivity contribution in [3.8, 4) is 0 Å². The molecule has 1 fully saturated rings. The monoisotopic (exact) mass is 300 g/mol. The number of amides is 1. The second-order valence-corrected chi connectivity index (χ2v) is 7.26. The average Bonchev–Trinajstić information content (AvgIpc) is 2.73. The zero-order chi connectivity index (χ0) is 14.8. The molecule has 1 heterocycles. The molecule has 1 aliphatic rings. The van der Waals surface area contributed by atoms with Crippen LogP contribution in [0.5, 0.6) is 0 Å². The Bertz CT molecular complexity index is 586. The summed E-state index contributed by atoms with van der Waals surface area (Å²) in [4.78, 5) is 13.6. The van der Waals surface area contributed by atoms with Crippen LogP contribution in [0.3, 0.4) is 0 Å². The number of likely N-dealkylation sites (N-methyl/N-ethyl adjacent to an activating group) is 1. The van der Waals surface area contributed by atoms with Gasteiger partial charge in [-0.1, -0.05) is 0 Å². The van der Waals surface area contributed by atoms with Crippen LogP contribution in [-0.2, 0) is 14.6 Å². The molecule has 1 aliphatic heterocycles. The fraction of sp³-hybridized carbons (Fsp3) is 0.462. The zero-order valence-corrected chi connectivity index (χ0v) is 12.0. The number of nitrogens with zero attached hydrogens (tertiary/aromatic N) is 1. The lowest BCUT2D eigenvalue weighted by Gasteiger charge is -2.22. The van der Waals surface area contributed by atoms with Crippen LogP contribution < -0.4 is 5.32 Å². The second kappa shape index (κ2) is 5.88. The van der Waals surface area contributed by atoms with Crippen LogP contribution in [0.4, 0.5) is 10.1 Å². The number of hydrogen-bond acceptors (Lipinski definition) is 4. The first-order valence-electron chi connectivity index (χ1n) is 6.32. The van der Waals surface area contributed by atoms with E-state index in [2.05, 4.69) is 5.32 Å². The first kappa shape index (κ1) is 14.9. The Kier molecular flexibility index (Phi) is 4.39. The van der Waals surface area contributed by atoms with Crippen LogP contribution in [0.25, 0.3) is 0 Å². The van der Waals surface area contributed by atoms with Crippen LogP contribution in [0.2, 0.25) is 0 Å². The van der Waals surface area contributed by atoms with Crippen molar-refractivity contribution in [1.29, 1.82) is 0 Å². The molecule has 0 saturated carbocycles. The summed E-state index contributed by atoms with van der Waals surface area (Å²) in [5.74, 6) is -0.325. The van der Waals surface area contributed by atoms with Gasteiger partial charge in [-0.25, -0.2) is 12.8 Å². The summed E-state index contributed by atoms with van der Waals surface area (Å²) < 4.78 is 35.5. The van der Waals surface area contributed by atoms with E-state index in [1.54, 1.807) is 11.9 Å². The van der Waals surface area contributed by atoms with E-state index in [-0.39, 0.29) is 35.8 Å². The molecule has 1 saturated heterocycles. The van der Waals surface area contributed by atoms with Gasteiger partial charge in [0, 0.05) is 11.7 Å². The van der Waals surface area contributed by atoms with Gasteiger partial charge in [0.2, 0.25) is 5.91 Å². The van der Waals surface area contributed by atoms with E-state index < -0.39 is 9.84 Å². The van der Waals surface area contributed by atoms with E-state index >= 15 is 0 Å². The molecule has 1 N–H and O–H groups in total. The summed E-state index contributed by atoms with van der Waals surface area (Å²) >= 11 is 0. The van der Waals surface area contributed by atoms with Crippen molar-refractivity contribution in [2.24, 2.45) is 0 Å². The number of carbonyl (C=O) groups excluding carboxylic acids is 1. The van der Waals surface area contributed by atoms with Gasteiger partial charge >= 0.3 is 0 Å². The van der Waals surface area contributed by atoms with Crippen molar-refractivity contribution in [3.05, 3.63) is 30.1 Å². The first-order chi connectivity index (χ1) is 9.35. The SMILES string of the molecule is CN(CC(=O)Nc1ccc(F)cc1)C1CCS(=O)(=O)C1. The van der Waals surface area contributed by atoms with E-state index in [4.69, 9.17) is 0 Å². The fourth-order valence-corrected chi connectivity index (χ4v) is 4.02. The first-order valence-corrected chi connectivity index (χ1v) is 8.14. The lowest BCUT2D eigenvalue weighted by atomic mass is 10.2. The highest BCUT2D eigenvalue weighted by Crippen LogP contribution is 2.16. The second-order valence-electron chi connectivity index (χ2n) is 5.03. The summed E-state index contributed by atoms with van der Waals surface area (Å²) in [6, 6.07) is 5.38. The Labute approximate surface area is 117 Å². The minimum absolute atomic E-state index is 0.104. The van der Waals surface area contributed by atoms with Gasteiger partial charge in [0.25, 0.3) is 0 Å². The van der Waals surface area contributed by atoms with Gasteiger partial charge in [0.15, 0.2) is 9.84 Å². The molecule has 110 valence electrons. The summed E-state index contributed by atoms with van der Waals surface area (Å²) in [7, 11) is -1.22. The maximum Gasteiger partial charge on any atom is 0.238 e. The zero-order valence-electron chi connectivity index (χ0n) is 11.2. The van der Waals surface area contributed by atoms with Crippen molar-refractivity contribution in [2.75, 3.05) is 30.4 Å².